The zero-order valence-corrected chi connectivity index (χ0v) is 13.3. The van der Waals surface area contributed by atoms with Gasteiger partial charge in [0.2, 0.25) is 12.7 Å². The van der Waals surface area contributed by atoms with Crippen LogP contribution < -0.4 is 20.1 Å². The predicted molar refractivity (Wildman–Crippen MR) is 90.1 cm³/mol. The summed E-state index contributed by atoms with van der Waals surface area (Å²) in [6.07, 6.45) is 0.916. The van der Waals surface area contributed by atoms with E-state index in [9.17, 15) is 4.79 Å². The summed E-state index contributed by atoms with van der Waals surface area (Å²) in [6, 6.07) is 13.0. The predicted octanol–water partition coefficient (Wildman–Crippen LogP) is 3.42. The van der Waals surface area contributed by atoms with Gasteiger partial charge in [0.25, 0.3) is 0 Å². The summed E-state index contributed by atoms with van der Waals surface area (Å²) in [5, 5.41) is 6.16. The van der Waals surface area contributed by atoms with Crippen LogP contribution in [0.1, 0.15) is 19.4 Å². The van der Waals surface area contributed by atoms with Crippen molar-refractivity contribution in [3.63, 3.8) is 0 Å². The summed E-state index contributed by atoms with van der Waals surface area (Å²) in [4.78, 5) is 12.4. The molecule has 0 radical (unpaired) electrons. The maximum atomic E-state index is 12.4. The highest BCUT2D eigenvalue weighted by atomic mass is 16.7. The van der Waals surface area contributed by atoms with E-state index in [1.807, 2.05) is 25.1 Å². The second-order valence-electron chi connectivity index (χ2n) is 5.43. The second kappa shape index (κ2) is 6.60. The number of nitrogens with one attached hydrogen (secondary N) is 2. The van der Waals surface area contributed by atoms with Gasteiger partial charge in [-0.3, -0.25) is 4.79 Å². The number of hydrogen-bond acceptors (Lipinski definition) is 4. The van der Waals surface area contributed by atoms with E-state index < -0.39 is 0 Å². The van der Waals surface area contributed by atoms with Crippen molar-refractivity contribution in [2.24, 2.45) is 0 Å². The van der Waals surface area contributed by atoms with Crippen LogP contribution in [0.4, 0.5) is 11.4 Å². The van der Waals surface area contributed by atoms with E-state index in [1.165, 1.54) is 5.56 Å². The van der Waals surface area contributed by atoms with Gasteiger partial charge < -0.3 is 20.1 Å². The zero-order chi connectivity index (χ0) is 16.2. The molecule has 0 aromatic heterocycles. The molecule has 1 aliphatic heterocycles. The first kappa shape index (κ1) is 15.2. The molecule has 0 bridgehead atoms. The summed E-state index contributed by atoms with van der Waals surface area (Å²) < 4.78 is 10.6. The molecule has 0 aliphatic carbocycles. The number of fused-ring (bicyclic) bond motifs is 1. The number of rotatable bonds is 5. The van der Waals surface area contributed by atoms with Gasteiger partial charge in [-0.1, -0.05) is 25.1 Å². The minimum absolute atomic E-state index is 0.102. The molecule has 0 saturated carbocycles. The van der Waals surface area contributed by atoms with Crippen molar-refractivity contribution in [1.29, 1.82) is 0 Å². The molecule has 2 N–H and O–H groups in total. The van der Waals surface area contributed by atoms with Gasteiger partial charge in [-0.15, -0.1) is 0 Å². The van der Waals surface area contributed by atoms with E-state index in [0.717, 1.165) is 12.1 Å². The normalized spacial score (nSPS) is 13.5. The van der Waals surface area contributed by atoms with Crippen molar-refractivity contribution in [3.8, 4) is 11.5 Å². The third kappa shape index (κ3) is 3.39. The molecule has 2 aromatic carbocycles. The zero-order valence-electron chi connectivity index (χ0n) is 13.3. The average molecular weight is 312 g/mol. The molecule has 2 aromatic rings. The summed E-state index contributed by atoms with van der Waals surface area (Å²) in [7, 11) is 0. The first-order chi connectivity index (χ1) is 11.2. The smallest absolute Gasteiger partial charge is 0.246 e. The highest BCUT2D eigenvalue weighted by molar-refractivity contribution is 5.96. The number of amides is 1. The minimum atomic E-state index is -0.354. The van der Waals surface area contributed by atoms with Crippen LogP contribution in [0.15, 0.2) is 42.5 Å². The van der Waals surface area contributed by atoms with Crippen molar-refractivity contribution in [3.05, 3.63) is 48.0 Å². The molecule has 1 aliphatic rings. The lowest BCUT2D eigenvalue weighted by Gasteiger charge is -2.17. The maximum Gasteiger partial charge on any atom is 0.246 e. The Kier molecular flexibility index (Phi) is 4.37. The van der Waals surface area contributed by atoms with Gasteiger partial charge in [0.05, 0.1) is 0 Å². The van der Waals surface area contributed by atoms with Crippen molar-refractivity contribution in [2.75, 3.05) is 17.4 Å². The van der Waals surface area contributed by atoms with Crippen LogP contribution in [0.25, 0.3) is 0 Å². The molecule has 5 nitrogen and oxygen atoms in total. The molecule has 1 atom stereocenters. The number of benzene rings is 2. The molecule has 5 heteroatoms. The van der Waals surface area contributed by atoms with Gasteiger partial charge in [0.1, 0.15) is 6.04 Å². The van der Waals surface area contributed by atoms with Gasteiger partial charge in [0.15, 0.2) is 11.5 Å². The van der Waals surface area contributed by atoms with Crippen molar-refractivity contribution in [1.82, 2.24) is 0 Å². The Morgan fingerprint density at radius 1 is 1.17 bits per heavy atom. The first-order valence-electron chi connectivity index (χ1n) is 7.72. The number of hydrogen-bond donors (Lipinski definition) is 2. The lowest BCUT2D eigenvalue weighted by atomic mass is 10.1. The largest absolute Gasteiger partial charge is 0.454 e. The molecular formula is C18H20N2O3. The second-order valence-corrected chi connectivity index (χ2v) is 5.43. The fourth-order valence-electron chi connectivity index (χ4n) is 2.49. The molecule has 0 saturated heterocycles. The SMILES string of the molecule is CCc1ccccc1N[C@H](C)C(=O)Nc1ccc2c(c1)OCO2. The number of aryl methyl sites for hydroxylation is 1. The Hall–Kier alpha value is -2.69. The topological polar surface area (TPSA) is 59.6 Å². The summed E-state index contributed by atoms with van der Waals surface area (Å²) >= 11 is 0. The number of carbonyl (C=O) groups is 1. The number of para-hydroxylation sites is 1. The molecule has 1 amide bonds. The lowest BCUT2D eigenvalue weighted by Crippen LogP contribution is -2.32. The quantitative estimate of drug-likeness (QED) is 0.888. The van der Waals surface area contributed by atoms with E-state index in [2.05, 4.69) is 23.6 Å². The van der Waals surface area contributed by atoms with Crippen LogP contribution in [0, 0.1) is 0 Å². The molecular weight excluding hydrogens is 292 g/mol. The molecule has 0 spiro atoms. The average Bonchev–Trinajstić information content (AvgIpc) is 3.03. The molecule has 1 heterocycles. The van der Waals surface area contributed by atoms with E-state index >= 15 is 0 Å². The van der Waals surface area contributed by atoms with E-state index in [1.54, 1.807) is 18.2 Å². The summed E-state index contributed by atoms with van der Waals surface area (Å²) in [5.41, 5.74) is 2.87. The van der Waals surface area contributed by atoms with Gasteiger partial charge in [-0.05, 0) is 37.1 Å². The van der Waals surface area contributed by atoms with Crippen LogP contribution in [-0.4, -0.2) is 18.7 Å². The fraction of sp³-hybridized carbons (Fsp3) is 0.278. The summed E-state index contributed by atoms with van der Waals surface area (Å²) in [5.74, 6) is 1.25. The molecule has 23 heavy (non-hydrogen) atoms. The van der Waals surface area contributed by atoms with E-state index in [4.69, 9.17) is 9.47 Å². The molecule has 3 rings (SSSR count). The monoisotopic (exact) mass is 312 g/mol. The third-order valence-electron chi connectivity index (χ3n) is 3.80. The van der Waals surface area contributed by atoms with E-state index in [-0.39, 0.29) is 18.7 Å². The van der Waals surface area contributed by atoms with Crippen molar-refractivity contribution in [2.45, 2.75) is 26.3 Å². The molecule has 0 fully saturated rings. The molecule has 120 valence electrons. The minimum Gasteiger partial charge on any atom is -0.454 e. The Labute approximate surface area is 135 Å². The van der Waals surface area contributed by atoms with Crippen molar-refractivity contribution < 1.29 is 14.3 Å². The van der Waals surface area contributed by atoms with Crippen LogP contribution in [-0.2, 0) is 11.2 Å². The fourth-order valence-corrected chi connectivity index (χ4v) is 2.49. The number of carbonyl (C=O) groups excluding carboxylic acids is 1. The standard InChI is InChI=1S/C18H20N2O3/c1-3-13-6-4-5-7-15(13)19-12(2)18(21)20-14-8-9-16-17(10-14)23-11-22-16/h4-10,12,19H,3,11H2,1-2H3,(H,20,21)/t12-/m1/s1. The van der Waals surface area contributed by atoms with Crippen LogP contribution in [0.5, 0.6) is 11.5 Å². The number of anilines is 2. The third-order valence-corrected chi connectivity index (χ3v) is 3.80. The Balaban J connectivity index is 1.66. The van der Waals surface area contributed by atoms with Crippen LogP contribution in [0.3, 0.4) is 0 Å². The Bertz CT molecular complexity index is 715. The van der Waals surface area contributed by atoms with Crippen LogP contribution >= 0.6 is 0 Å². The van der Waals surface area contributed by atoms with Gasteiger partial charge >= 0.3 is 0 Å². The highest BCUT2D eigenvalue weighted by Gasteiger charge is 2.17. The van der Waals surface area contributed by atoms with Gasteiger partial charge in [0, 0.05) is 17.4 Å². The van der Waals surface area contributed by atoms with Crippen LogP contribution in [0.2, 0.25) is 0 Å². The number of ether oxygens (including phenoxy) is 2. The lowest BCUT2D eigenvalue weighted by molar-refractivity contribution is -0.116. The first-order valence-corrected chi connectivity index (χ1v) is 7.72. The molecule has 0 unspecified atom stereocenters. The Morgan fingerprint density at radius 3 is 2.78 bits per heavy atom. The maximum absolute atomic E-state index is 12.4. The van der Waals surface area contributed by atoms with E-state index in [0.29, 0.717) is 17.2 Å². The summed E-state index contributed by atoms with van der Waals surface area (Å²) in [6.45, 7) is 4.16. The van der Waals surface area contributed by atoms with Gasteiger partial charge in [-0.2, -0.15) is 0 Å². The van der Waals surface area contributed by atoms with Crippen molar-refractivity contribution >= 4 is 17.3 Å². The highest BCUT2D eigenvalue weighted by Crippen LogP contribution is 2.34. The van der Waals surface area contributed by atoms with Gasteiger partial charge in [-0.25, -0.2) is 0 Å². The Morgan fingerprint density at radius 2 is 1.96 bits per heavy atom.